The molecule has 0 saturated carbocycles. The van der Waals surface area contributed by atoms with E-state index >= 15 is 0 Å². The summed E-state index contributed by atoms with van der Waals surface area (Å²) in [5, 5.41) is 18.4. The van der Waals surface area contributed by atoms with Crippen LogP contribution in [0.4, 0.5) is 0 Å². The Bertz CT molecular complexity index is 448. The first-order chi connectivity index (χ1) is 10.5. The smallest absolute Gasteiger partial charge is 0.303 e. The molecule has 0 aliphatic heterocycles. The zero-order chi connectivity index (χ0) is 16.4. The van der Waals surface area contributed by atoms with Crippen molar-refractivity contribution in [1.29, 1.82) is 0 Å². The Morgan fingerprint density at radius 3 is 2.82 bits per heavy atom. The van der Waals surface area contributed by atoms with Gasteiger partial charge in [0.05, 0.1) is 6.10 Å². The lowest BCUT2D eigenvalue weighted by Gasteiger charge is -2.13. The second-order valence-corrected chi connectivity index (χ2v) is 5.66. The van der Waals surface area contributed by atoms with Gasteiger partial charge in [0.1, 0.15) is 0 Å². The maximum atomic E-state index is 11.9. The number of carbonyl (C=O) groups is 2. The molecule has 2 N–H and O–H groups in total. The van der Waals surface area contributed by atoms with E-state index in [9.17, 15) is 14.7 Å². The van der Waals surface area contributed by atoms with Gasteiger partial charge in [-0.1, -0.05) is 37.3 Å². The number of aliphatic hydroxyl groups excluding tert-OH is 1. The summed E-state index contributed by atoms with van der Waals surface area (Å²) in [5.41, 5.74) is 0. The van der Waals surface area contributed by atoms with Gasteiger partial charge in [-0.3, -0.25) is 9.59 Å². The van der Waals surface area contributed by atoms with Crippen LogP contribution in [0.25, 0.3) is 0 Å². The van der Waals surface area contributed by atoms with Crippen LogP contribution in [0, 0.1) is 11.8 Å². The fraction of sp³-hybridized carbons (Fsp3) is 0.556. The molecule has 0 radical (unpaired) electrons. The first-order valence-electron chi connectivity index (χ1n) is 7.99. The van der Waals surface area contributed by atoms with Crippen molar-refractivity contribution in [2.45, 2.75) is 51.6 Å². The minimum Gasteiger partial charge on any atom is -0.481 e. The molecule has 0 bridgehead atoms. The van der Waals surface area contributed by atoms with E-state index in [1.807, 2.05) is 6.08 Å². The zero-order valence-corrected chi connectivity index (χ0v) is 13.1. The third kappa shape index (κ3) is 6.85. The molecule has 3 atom stereocenters. The summed E-state index contributed by atoms with van der Waals surface area (Å²) in [4.78, 5) is 22.3. The van der Waals surface area contributed by atoms with Crippen LogP contribution in [-0.4, -0.2) is 28.1 Å². The van der Waals surface area contributed by atoms with Crippen molar-refractivity contribution in [2.75, 3.05) is 0 Å². The number of ketones is 1. The number of hydrogen-bond donors (Lipinski definition) is 2. The fourth-order valence-electron chi connectivity index (χ4n) is 2.52. The molecule has 0 heterocycles. The summed E-state index contributed by atoms with van der Waals surface area (Å²) >= 11 is 0. The number of carboxylic acids is 1. The lowest BCUT2D eigenvalue weighted by Crippen LogP contribution is -2.14. The van der Waals surface area contributed by atoms with Crippen LogP contribution in [0.5, 0.6) is 0 Å². The lowest BCUT2D eigenvalue weighted by atomic mass is 9.90. The Hall–Kier alpha value is -1.68. The molecule has 1 aliphatic rings. The van der Waals surface area contributed by atoms with E-state index in [2.05, 4.69) is 19.1 Å². The molecular formula is C18H26O4. The largest absolute Gasteiger partial charge is 0.481 e. The van der Waals surface area contributed by atoms with Gasteiger partial charge in [0.2, 0.25) is 0 Å². The van der Waals surface area contributed by atoms with Crippen molar-refractivity contribution in [3.8, 4) is 0 Å². The number of allylic oxidation sites excluding steroid dienone is 5. The van der Waals surface area contributed by atoms with Gasteiger partial charge < -0.3 is 10.2 Å². The van der Waals surface area contributed by atoms with Gasteiger partial charge in [-0.15, -0.1) is 0 Å². The second kappa shape index (κ2) is 10.1. The third-order valence-electron chi connectivity index (χ3n) is 3.79. The Morgan fingerprint density at radius 2 is 2.14 bits per heavy atom. The predicted octanol–water partition coefficient (Wildman–Crippen LogP) is 3.28. The molecule has 0 aromatic rings. The topological polar surface area (TPSA) is 74.6 Å². The van der Waals surface area contributed by atoms with Crippen LogP contribution in [-0.2, 0) is 9.59 Å². The van der Waals surface area contributed by atoms with Crippen LogP contribution < -0.4 is 0 Å². The SMILES string of the molecule is CC/C=C\C[C@@H]1C=CC(=O)[C@@H]1/C=C/[C@@H](O)CCCCC(=O)O. The molecule has 0 amide bonds. The normalized spacial score (nSPS) is 22.9. The van der Waals surface area contributed by atoms with E-state index in [1.54, 1.807) is 18.2 Å². The van der Waals surface area contributed by atoms with Gasteiger partial charge in [-0.2, -0.15) is 0 Å². The van der Waals surface area contributed by atoms with E-state index in [0.717, 1.165) is 12.8 Å². The fourth-order valence-corrected chi connectivity index (χ4v) is 2.52. The van der Waals surface area contributed by atoms with Crippen LogP contribution in [0.15, 0.2) is 36.5 Å². The summed E-state index contributed by atoms with van der Waals surface area (Å²) in [6.07, 6.45) is 14.3. The van der Waals surface area contributed by atoms with Gasteiger partial charge in [-0.25, -0.2) is 0 Å². The summed E-state index contributed by atoms with van der Waals surface area (Å²) in [6.45, 7) is 2.07. The van der Waals surface area contributed by atoms with Crippen LogP contribution >= 0.6 is 0 Å². The first-order valence-corrected chi connectivity index (χ1v) is 7.99. The second-order valence-electron chi connectivity index (χ2n) is 5.66. The monoisotopic (exact) mass is 306 g/mol. The summed E-state index contributed by atoms with van der Waals surface area (Å²) < 4.78 is 0. The lowest BCUT2D eigenvalue weighted by molar-refractivity contribution is -0.137. The number of rotatable bonds is 10. The van der Waals surface area contributed by atoms with Crippen molar-refractivity contribution in [3.05, 3.63) is 36.5 Å². The highest BCUT2D eigenvalue weighted by Gasteiger charge is 2.26. The van der Waals surface area contributed by atoms with Crippen molar-refractivity contribution >= 4 is 11.8 Å². The van der Waals surface area contributed by atoms with E-state index in [1.165, 1.54) is 0 Å². The molecule has 1 rings (SSSR count). The van der Waals surface area contributed by atoms with Crippen molar-refractivity contribution in [3.63, 3.8) is 0 Å². The highest BCUT2D eigenvalue weighted by molar-refractivity contribution is 5.95. The standard InChI is InChI=1S/C18H26O4/c1-2-3-4-7-14-10-13-17(20)16(14)12-11-15(19)8-5-6-9-18(21)22/h3-4,10-16,19H,2,5-9H2,1H3,(H,21,22)/b4-3-,12-11+/t14-,15+,16-/m1/s1. The van der Waals surface area contributed by atoms with Crippen molar-refractivity contribution in [2.24, 2.45) is 11.8 Å². The highest BCUT2D eigenvalue weighted by Crippen LogP contribution is 2.27. The number of unbranched alkanes of at least 4 members (excludes halogenated alkanes) is 1. The predicted molar refractivity (Wildman–Crippen MR) is 86.4 cm³/mol. The number of hydrogen-bond acceptors (Lipinski definition) is 3. The summed E-state index contributed by atoms with van der Waals surface area (Å²) in [7, 11) is 0. The van der Waals surface area contributed by atoms with E-state index in [-0.39, 0.29) is 24.0 Å². The van der Waals surface area contributed by atoms with Crippen LogP contribution in [0.1, 0.15) is 45.4 Å². The molecule has 0 unspecified atom stereocenters. The van der Waals surface area contributed by atoms with Crippen molar-refractivity contribution < 1.29 is 19.8 Å². The van der Waals surface area contributed by atoms with E-state index < -0.39 is 12.1 Å². The Kier molecular flexibility index (Phi) is 8.44. The zero-order valence-electron chi connectivity index (χ0n) is 13.1. The Morgan fingerprint density at radius 1 is 1.36 bits per heavy atom. The molecule has 0 saturated heterocycles. The van der Waals surface area contributed by atoms with Gasteiger partial charge in [0.15, 0.2) is 5.78 Å². The summed E-state index contributed by atoms with van der Waals surface area (Å²) in [6, 6.07) is 0. The molecule has 0 aromatic carbocycles. The molecular weight excluding hydrogens is 280 g/mol. The first kappa shape index (κ1) is 18.4. The molecule has 122 valence electrons. The molecule has 0 aromatic heterocycles. The maximum absolute atomic E-state index is 11.9. The average molecular weight is 306 g/mol. The van der Waals surface area contributed by atoms with Gasteiger partial charge >= 0.3 is 5.97 Å². The van der Waals surface area contributed by atoms with Crippen LogP contribution in [0.2, 0.25) is 0 Å². The van der Waals surface area contributed by atoms with Crippen molar-refractivity contribution in [1.82, 2.24) is 0 Å². The van der Waals surface area contributed by atoms with Crippen LogP contribution in [0.3, 0.4) is 0 Å². The maximum Gasteiger partial charge on any atom is 0.303 e. The highest BCUT2D eigenvalue weighted by atomic mass is 16.4. The number of carboxylic acid groups (broad SMARTS) is 1. The third-order valence-corrected chi connectivity index (χ3v) is 3.79. The molecule has 1 aliphatic carbocycles. The van der Waals surface area contributed by atoms with E-state index in [0.29, 0.717) is 19.3 Å². The Balaban J connectivity index is 2.39. The summed E-state index contributed by atoms with van der Waals surface area (Å²) in [5.74, 6) is -0.735. The van der Waals surface area contributed by atoms with Gasteiger partial charge in [0.25, 0.3) is 0 Å². The molecule has 0 spiro atoms. The number of aliphatic hydroxyl groups is 1. The molecule has 22 heavy (non-hydrogen) atoms. The molecule has 4 nitrogen and oxygen atoms in total. The quantitative estimate of drug-likeness (QED) is 0.480. The minimum absolute atomic E-state index is 0.0872. The molecule has 4 heteroatoms. The number of carbonyl (C=O) groups excluding carboxylic acids is 1. The average Bonchev–Trinajstić information content (AvgIpc) is 2.82. The minimum atomic E-state index is -0.810. The molecule has 0 fully saturated rings. The Labute approximate surface area is 132 Å². The number of aliphatic carboxylic acids is 1. The van der Waals surface area contributed by atoms with Gasteiger partial charge in [0, 0.05) is 12.3 Å². The van der Waals surface area contributed by atoms with Gasteiger partial charge in [-0.05, 0) is 44.1 Å². The van der Waals surface area contributed by atoms with E-state index in [4.69, 9.17) is 5.11 Å².